The van der Waals surface area contributed by atoms with Crippen molar-refractivity contribution in [2.75, 3.05) is 0 Å². The highest BCUT2D eigenvalue weighted by atomic mass is 16.5. The van der Waals surface area contributed by atoms with E-state index in [1.54, 1.807) is 0 Å². The van der Waals surface area contributed by atoms with Gasteiger partial charge < -0.3 is 9.30 Å². The van der Waals surface area contributed by atoms with Crippen LogP contribution in [0.25, 0.3) is 27.9 Å². The molecule has 1 aliphatic rings. The van der Waals surface area contributed by atoms with E-state index >= 15 is 0 Å². The zero-order valence-electron chi connectivity index (χ0n) is 16.7. The molecule has 4 aromatic carbocycles. The van der Waals surface area contributed by atoms with Crippen molar-refractivity contribution in [1.82, 2.24) is 4.57 Å². The first-order chi connectivity index (χ1) is 14.8. The van der Waals surface area contributed by atoms with Gasteiger partial charge in [0.1, 0.15) is 5.75 Å². The fraction of sp³-hybridized carbons (Fsp3) is 0.0714. The molecule has 5 aromatic rings. The van der Waals surface area contributed by atoms with Crippen molar-refractivity contribution in [3.63, 3.8) is 0 Å². The normalized spacial score (nSPS) is 14.6. The molecule has 0 saturated carbocycles. The molecule has 0 spiro atoms. The van der Waals surface area contributed by atoms with Gasteiger partial charge in [0.25, 0.3) is 0 Å². The number of benzene rings is 4. The first kappa shape index (κ1) is 17.1. The van der Waals surface area contributed by atoms with Gasteiger partial charge in [0.05, 0.1) is 5.52 Å². The Morgan fingerprint density at radius 2 is 1.30 bits per heavy atom. The van der Waals surface area contributed by atoms with Crippen molar-refractivity contribution in [3.05, 3.63) is 120 Å². The van der Waals surface area contributed by atoms with Crippen LogP contribution < -0.4 is 4.74 Å². The highest BCUT2D eigenvalue weighted by Crippen LogP contribution is 2.45. The Labute approximate surface area is 175 Å². The van der Waals surface area contributed by atoms with E-state index in [9.17, 15) is 0 Å². The smallest absolute Gasteiger partial charge is 0.178 e. The lowest BCUT2D eigenvalue weighted by molar-refractivity contribution is 0.161. The van der Waals surface area contributed by atoms with E-state index in [1.807, 2.05) is 12.1 Å². The topological polar surface area (TPSA) is 14.2 Å². The summed E-state index contributed by atoms with van der Waals surface area (Å²) in [7, 11) is 2.13. The molecule has 0 amide bonds. The van der Waals surface area contributed by atoms with Crippen LogP contribution in [0.2, 0.25) is 0 Å². The molecular formula is C28H21NO. The second-order valence-corrected chi connectivity index (χ2v) is 7.85. The molecule has 1 aromatic heterocycles. The van der Waals surface area contributed by atoms with E-state index in [4.69, 9.17) is 4.74 Å². The molecule has 0 saturated heterocycles. The van der Waals surface area contributed by atoms with Crippen LogP contribution in [0.5, 0.6) is 5.75 Å². The van der Waals surface area contributed by atoms with Crippen LogP contribution in [0.3, 0.4) is 0 Å². The number of ether oxygens (including phenoxy) is 1. The molecule has 2 heterocycles. The molecule has 144 valence electrons. The average Bonchev–Trinajstić information content (AvgIpc) is 3.12. The van der Waals surface area contributed by atoms with Crippen molar-refractivity contribution in [2.24, 2.45) is 7.05 Å². The Balaban J connectivity index is 1.62. The molecular weight excluding hydrogens is 366 g/mol. The molecule has 0 radical (unpaired) electrons. The van der Waals surface area contributed by atoms with Crippen molar-refractivity contribution in [2.45, 2.75) is 5.60 Å². The monoisotopic (exact) mass is 387 g/mol. The average molecular weight is 387 g/mol. The van der Waals surface area contributed by atoms with Crippen LogP contribution >= 0.6 is 0 Å². The van der Waals surface area contributed by atoms with Crippen molar-refractivity contribution in [1.29, 1.82) is 0 Å². The van der Waals surface area contributed by atoms with Crippen LogP contribution in [-0.2, 0) is 12.6 Å². The summed E-state index contributed by atoms with van der Waals surface area (Å²) < 4.78 is 9.12. The van der Waals surface area contributed by atoms with Gasteiger partial charge in [0, 0.05) is 40.0 Å². The fourth-order valence-electron chi connectivity index (χ4n) is 4.79. The summed E-state index contributed by atoms with van der Waals surface area (Å²) in [6.45, 7) is 0. The Morgan fingerprint density at radius 3 is 2.00 bits per heavy atom. The first-order valence-corrected chi connectivity index (χ1v) is 10.3. The van der Waals surface area contributed by atoms with Crippen LogP contribution in [0.15, 0.2) is 103 Å². The van der Waals surface area contributed by atoms with Crippen LogP contribution in [-0.4, -0.2) is 4.57 Å². The number of aromatic nitrogens is 1. The third kappa shape index (κ3) is 2.31. The minimum absolute atomic E-state index is 0.645. The van der Waals surface area contributed by atoms with Gasteiger partial charge in [0.15, 0.2) is 5.60 Å². The summed E-state index contributed by atoms with van der Waals surface area (Å²) in [6, 6.07) is 33.8. The summed E-state index contributed by atoms with van der Waals surface area (Å²) in [5.74, 6) is 0.906. The molecule has 0 bridgehead atoms. The molecule has 0 N–H and O–H groups in total. The van der Waals surface area contributed by atoms with E-state index < -0.39 is 5.60 Å². The maximum atomic E-state index is 6.85. The maximum absolute atomic E-state index is 6.85. The summed E-state index contributed by atoms with van der Waals surface area (Å²) in [5.41, 5.74) is 5.17. The van der Waals surface area contributed by atoms with E-state index in [2.05, 4.69) is 109 Å². The molecule has 2 heteroatoms. The van der Waals surface area contributed by atoms with Gasteiger partial charge in [-0.25, -0.2) is 0 Å². The molecule has 30 heavy (non-hydrogen) atoms. The number of nitrogens with zero attached hydrogens (tertiary/aromatic N) is 1. The van der Waals surface area contributed by atoms with Crippen molar-refractivity contribution >= 4 is 27.9 Å². The molecule has 6 rings (SSSR count). The highest BCUT2D eigenvalue weighted by Gasteiger charge is 2.37. The Hall–Kier alpha value is -3.78. The van der Waals surface area contributed by atoms with E-state index in [-0.39, 0.29) is 0 Å². The number of aryl methyl sites for hydroxylation is 1. The van der Waals surface area contributed by atoms with Crippen LogP contribution in [0, 0.1) is 0 Å². The molecule has 1 aliphatic heterocycles. The number of para-hydroxylation sites is 1. The van der Waals surface area contributed by atoms with Gasteiger partial charge in [-0.3, -0.25) is 0 Å². The first-order valence-electron chi connectivity index (χ1n) is 10.3. The molecule has 0 unspecified atom stereocenters. The Bertz CT molecular complexity index is 1370. The largest absolute Gasteiger partial charge is 0.473 e. The van der Waals surface area contributed by atoms with Gasteiger partial charge in [-0.2, -0.15) is 0 Å². The van der Waals surface area contributed by atoms with E-state index in [1.165, 1.54) is 21.8 Å². The van der Waals surface area contributed by atoms with Crippen molar-refractivity contribution < 1.29 is 4.74 Å². The quantitative estimate of drug-likeness (QED) is 0.329. The van der Waals surface area contributed by atoms with Gasteiger partial charge in [-0.1, -0.05) is 78.9 Å². The zero-order valence-corrected chi connectivity index (χ0v) is 16.7. The number of hydrogen-bond donors (Lipinski definition) is 0. The summed E-state index contributed by atoms with van der Waals surface area (Å²) >= 11 is 0. The number of fused-ring (bicyclic) bond motifs is 5. The van der Waals surface area contributed by atoms with Gasteiger partial charge in [-0.15, -0.1) is 0 Å². The van der Waals surface area contributed by atoms with Crippen molar-refractivity contribution in [3.8, 4) is 5.75 Å². The SMILES string of the molecule is Cn1c2ccccc2c2ccc3c(c21)C=CC(c1ccccc1)(c1ccccc1)O3. The second kappa shape index (κ2) is 6.36. The molecule has 0 atom stereocenters. The predicted octanol–water partition coefficient (Wildman–Crippen LogP) is 6.68. The third-order valence-electron chi connectivity index (χ3n) is 6.23. The molecule has 0 aliphatic carbocycles. The third-order valence-corrected chi connectivity index (χ3v) is 6.23. The van der Waals surface area contributed by atoms with E-state index in [0.29, 0.717) is 0 Å². The Morgan fingerprint density at radius 1 is 0.667 bits per heavy atom. The zero-order chi connectivity index (χ0) is 20.1. The number of hydrogen-bond acceptors (Lipinski definition) is 1. The lowest BCUT2D eigenvalue weighted by Crippen LogP contribution is -2.34. The fourth-order valence-corrected chi connectivity index (χ4v) is 4.79. The second-order valence-electron chi connectivity index (χ2n) is 7.85. The van der Waals surface area contributed by atoms with Gasteiger partial charge in [0.2, 0.25) is 0 Å². The molecule has 2 nitrogen and oxygen atoms in total. The van der Waals surface area contributed by atoms with Gasteiger partial charge >= 0.3 is 0 Å². The summed E-state index contributed by atoms with van der Waals surface area (Å²) in [6.07, 6.45) is 4.44. The minimum Gasteiger partial charge on any atom is -0.473 e. The van der Waals surface area contributed by atoms with Crippen LogP contribution in [0.1, 0.15) is 16.7 Å². The minimum atomic E-state index is -0.645. The summed E-state index contributed by atoms with van der Waals surface area (Å²) in [5, 5.41) is 2.53. The number of rotatable bonds is 2. The van der Waals surface area contributed by atoms with E-state index in [0.717, 1.165) is 22.4 Å². The predicted molar refractivity (Wildman–Crippen MR) is 124 cm³/mol. The maximum Gasteiger partial charge on any atom is 0.178 e. The van der Waals surface area contributed by atoms with Crippen LogP contribution in [0.4, 0.5) is 0 Å². The lowest BCUT2D eigenvalue weighted by atomic mass is 9.83. The standard InChI is InChI=1S/C28H21NO/c1-29-25-15-9-8-14-22(25)23-16-17-26-24(27(23)29)18-19-28(30-26,20-10-4-2-5-11-20)21-12-6-3-7-13-21/h2-19H,1H3. The highest BCUT2D eigenvalue weighted by molar-refractivity contribution is 6.11. The Kier molecular flexibility index (Phi) is 3.63. The molecule has 0 fully saturated rings. The van der Waals surface area contributed by atoms with Gasteiger partial charge in [-0.05, 0) is 30.4 Å². The summed E-state index contributed by atoms with van der Waals surface area (Å²) in [4.78, 5) is 0. The lowest BCUT2D eigenvalue weighted by Gasteiger charge is -2.36.